The molecule has 0 atom stereocenters. The van der Waals surface area contributed by atoms with E-state index in [1.807, 2.05) is 24.3 Å². The van der Waals surface area contributed by atoms with E-state index in [0.29, 0.717) is 37.4 Å². The molecule has 1 saturated heterocycles. The lowest BCUT2D eigenvalue weighted by molar-refractivity contribution is 0.187. The van der Waals surface area contributed by atoms with E-state index >= 15 is 0 Å². The number of piperidine rings is 1. The molecule has 0 aromatic heterocycles. The minimum atomic E-state index is -3.35. The van der Waals surface area contributed by atoms with Crippen LogP contribution in [-0.2, 0) is 16.3 Å². The Balaban J connectivity index is 1.23. The van der Waals surface area contributed by atoms with Gasteiger partial charge in [-0.2, -0.15) is 0 Å². The Kier molecular flexibility index (Phi) is 6.90. The SMILES string of the molecule is O=C(NCCc1ccc(-c2ccccc2)cc1)N1CCC(S(=O)(=O)c2ccccc2)CC1. The molecule has 1 fully saturated rings. The molecule has 166 valence electrons. The smallest absolute Gasteiger partial charge is 0.317 e. The fourth-order valence-corrected chi connectivity index (χ4v) is 5.84. The highest BCUT2D eigenvalue weighted by Crippen LogP contribution is 2.24. The second kappa shape index (κ2) is 10.0. The molecular weight excluding hydrogens is 420 g/mol. The molecule has 1 heterocycles. The van der Waals surface area contributed by atoms with Gasteiger partial charge in [-0.3, -0.25) is 0 Å². The van der Waals surface area contributed by atoms with Gasteiger partial charge in [-0.1, -0.05) is 72.8 Å². The number of carbonyl (C=O) groups is 1. The third-order valence-electron chi connectivity index (χ3n) is 5.99. The predicted octanol–water partition coefficient (Wildman–Crippen LogP) is 4.54. The molecule has 0 spiro atoms. The molecule has 0 radical (unpaired) electrons. The maximum Gasteiger partial charge on any atom is 0.317 e. The summed E-state index contributed by atoms with van der Waals surface area (Å²) in [6.07, 6.45) is 1.68. The second-order valence-corrected chi connectivity index (χ2v) is 10.3. The fraction of sp³-hybridized carbons (Fsp3) is 0.269. The number of carbonyl (C=O) groups excluding carboxylic acids is 1. The summed E-state index contributed by atoms with van der Waals surface area (Å²) in [6, 6.07) is 27.1. The standard InChI is InChI=1S/C26H28N2O3S/c29-26(27-18-15-21-11-13-23(14-12-21)22-7-3-1-4-8-22)28-19-16-25(17-20-28)32(30,31)24-9-5-2-6-10-24/h1-14,25H,15-20H2,(H,27,29). The number of benzene rings is 3. The van der Waals surface area contributed by atoms with Gasteiger partial charge < -0.3 is 10.2 Å². The first-order chi connectivity index (χ1) is 15.5. The van der Waals surface area contributed by atoms with Gasteiger partial charge >= 0.3 is 6.03 Å². The average molecular weight is 449 g/mol. The van der Waals surface area contributed by atoms with Crippen molar-refractivity contribution in [2.45, 2.75) is 29.4 Å². The third-order valence-corrected chi connectivity index (χ3v) is 8.27. The van der Waals surface area contributed by atoms with Gasteiger partial charge in [0.1, 0.15) is 0 Å². The van der Waals surface area contributed by atoms with E-state index in [1.54, 1.807) is 29.2 Å². The molecule has 1 aliphatic heterocycles. The van der Waals surface area contributed by atoms with Gasteiger partial charge in [-0.25, -0.2) is 13.2 Å². The molecule has 6 heteroatoms. The van der Waals surface area contributed by atoms with Crippen LogP contribution in [0.3, 0.4) is 0 Å². The van der Waals surface area contributed by atoms with E-state index in [1.165, 1.54) is 11.1 Å². The van der Waals surface area contributed by atoms with Crippen LogP contribution in [0, 0.1) is 0 Å². The van der Waals surface area contributed by atoms with Crippen LogP contribution >= 0.6 is 0 Å². The molecule has 0 aliphatic carbocycles. The first-order valence-electron chi connectivity index (χ1n) is 11.0. The molecule has 32 heavy (non-hydrogen) atoms. The predicted molar refractivity (Wildman–Crippen MR) is 127 cm³/mol. The highest BCUT2D eigenvalue weighted by Gasteiger charge is 2.32. The van der Waals surface area contributed by atoms with Crippen LogP contribution in [0.5, 0.6) is 0 Å². The van der Waals surface area contributed by atoms with Crippen LogP contribution in [0.25, 0.3) is 11.1 Å². The maximum absolute atomic E-state index is 12.8. The molecule has 3 aromatic rings. The lowest BCUT2D eigenvalue weighted by Crippen LogP contribution is -2.47. The van der Waals surface area contributed by atoms with Crippen LogP contribution in [0.4, 0.5) is 4.79 Å². The molecule has 1 aliphatic rings. The van der Waals surface area contributed by atoms with Crippen molar-refractivity contribution in [1.82, 2.24) is 10.2 Å². The molecule has 0 unspecified atom stereocenters. The van der Waals surface area contributed by atoms with E-state index in [0.717, 1.165) is 12.0 Å². The van der Waals surface area contributed by atoms with Crippen molar-refractivity contribution in [3.05, 3.63) is 90.5 Å². The second-order valence-electron chi connectivity index (χ2n) is 8.09. The Morgan fingerprint density at radius 3 is 2.00 bits per heavy atom. The van der Waals surface area contributed by atoms with Crippen molar-refractivity contribution in [2.24, 2.45) is 0 Å². The normalized spacial score (nSPS) is 14.8. The van der Waals surface area contributed by atoms with Crippen molar-refractivity contribution in [3.8, 4) is 11.1 Å². The van der Waals surface area contributed by atoms with Crippen molar-refractivity contribution in [2.75, 3.05) is 19.6 Å². The zero-order valence-electron chi connectivity index (χ0n) is 18.0. The van der Waals surface area contributed by atoms with E-state index in [-0.39, 0.29) is 6.03 Å². The summed E-state index contributed by atoms with van der Waals surface area (Å²) >= 11 is 0. The number of hydrogen-bond acceptors (Lipinski definition) is 3. The fourth-order valence-electron chi connectivity index (χ4n) is 4.09. The molecule has 0 saturated carbocycles. The van der Waals surface area contributed by atoms with Crippen LogP contribution in [0.1, 0.15) is 18.4 Å². The Morgan fingerprint density at radius 1 is 0.812 bits per heavy atom. The average Bonchev–Trinajstić information content (AvgIpc) is 2.85. The van der Waals surface area contributed by atoms with Gasteiger partial charge in [0.2, 0.25) is 0 Å². The lowest BCUT2D eigenvalue weighted by Gasteiger charge is -2.31. The van der Waals surface area contributed by atoms with E-state index < -0.39 is 15.1 Å². The number of urea groups is 1. The van der Waals surface area contributed by atoms with E-state index in [9.17, 15) is 13.2 Å². The maximum atomic E-state index is 12.8. The Hall–Kier alpha value is -3.12. The molecule has 0 bridgehead atoms. The topological polar surface area (TPSA) is 66.5 Å². The Morgan fingerprint density at radius 2 is 1.38 bits per heavy atom. The van der Waals surface area contributed by atoms with Crippen LogP contribution in [0.2, 0.25) is 0 Å². The van der Waals surface area contributed by atoms with Gasteiger partial charge in [0.05, 0.1) is 10.1 Å². The summed E-state index contributed by atoms with van der Waals surface area (Å²) < 4.78 is 25.6. The van der Waals surface area contributed by atoms with Crippen molar-refractivity contribution in [3.63, 3.8) is 0 Å². The van der Waals surface area contributed by atoms with Crippen LogP contribution in [0.15, 0.2) is 89.8 Å². The highest BCUT2D eigenvalue weighted by molar-refractivity contribution is 7.92. The van der Waals surface area contributed by atoms with Gasteiger partial charge in [0, 0.05) is 19.6 Å². The minimum absolute atomic E-state index is 0.124. The van der Waals surface area contributed by atoms with Gasteiger partial charge in [-0.05, 0) is 48.1 Å². The van der Waals surface area contributed by atoms with Crippen LogP contribution in [-0.4, -0.2) is 44.2 Å². The minimum Gasteiger partial charge on any atom is -0.338 e. The molecule has 5 nitrogen and oxygen atoms in total. The number of rotatable bonds is 6. The first kappa shape index (κ1) is 22.1. The number of nitrogens with zero attached hydrogens (tertiary/aromatic N) is 1. The quantitative estimate of drug-likeness (QED) is 0.602. The van der Waals surface area contributed by atoms with Gasteiger partial charge in [-0.15, -0.1) is 0 Å². The van der Waals surface area contributed by atoms with Gasteiger partial charge in [0.25, 0.3) is 0 Å². The zero-order valence-corrected chi connectivity index (χ0v) is 18.8. The molecule has 1 N–H and O–H groups in total. The number of amides is 2. The molecule has 2 amide bonds. The first-order valence-corrected chi connectivity index (χ1v) is 12.5. The monoisotopic (exact) mass is 448 g/mol. The summed E-state index contributed by atoms with van der Waals surface area (Å²) in [5.41, 5.74) is 3.52. The number of sulfone groups is 1. The van der Waals surface area contributed by atoms with Gasteiger partial charge in [0.15, 0.2) is 9.84 Å². The summed E-state index contributed by atoms with van der Waals surface area (Å²) in [6.45, 7) is 1.45. The summed E-state index contributed by atoms with van der Waals surface area (Å²) in [7, 11) is -3.35. The van der Waals surface area contributed by atoms with E-state index in [4.69, 9.17) is 0 Å². The summed E-state index contributed by atoms with van der Waals surface area (Å²) in [5, 5.41) is 2.54. The van der Waals surface area contributed by atoms with Crippen molar-refractivity contribution in [1.29, 1.82) is 0 Å². The Labute approximate surface area is 190 Å². The third kappa shape index (κ3) is 5.19. The highest BCUT2D eigenvalue weighted by atomic mass is 32.2. The largest absolute Gasteiger partial charge is 0.338 e. The zero-order chi connectivity index (χ0) is 22.4. The number of likely N-dealkylation sites (tertiary alicyclic amines) is 1. The van der Waals surface area contributed by atoms with E-state index in [2.05, 4.69) is 41.7 Å². The van der Waals surface area contributed by atoms with Crippen molar-refractivity contribution >= 4 is 15.9 Å². The number of hydrogen-bond donors (Lipinski definition) is 1. The summed E-state index contributed by atoms with van der Waals surface area (Å²) in [4.78, 5) is 14.6. The molecule has 4 rings (SSSR count). The molecular formula is C26H28N2O3S. The number of nitrogens with one attached hydrogen (secondary N) is 1. The van der Waals surface area contributed by atoms with Crippen LogP contribution < -0.4 is 5.32 Å². The lowest BCUT2D eigenvalue weighted by atomic mass is 10.0. The Bertz CT molecular complexity index is 1120. The summed E-state index contributed by atoms with van der Waals surface area (Å²) in [5.74, 6) is 0. The van der Waals surface area contributed by atoms with Crippen molar-refractivity contribution < 1.29 is 13.2 Å². The molecule has 3 aromatic carbocycles.